The van der Waals surface area contributed by atoms with E-state index in [4.69, 9.17) is 40.5 Å². The first-order valence-corrected chi connectivity index (χ1v) is 12.0. The molecule has 14 heteroatoms. The van der Waals surface area contributed by atoms with E-state index in [1.807, 2.05) is 0 Å². The minimum atomic E-state index is -4.99. The highest BCUT2D eigenvalue weighted by atomic mass is 35.5. The summed E-state index contributed by atoms with van der Waals surface area (Å²) >= 11 is 18.4. The Bertz CT molecular complexity index is 1510. The van der Waals surface area contributed by atoms with Crippen LogP contribution in [0, 0.1) is 29.2 Å². The van der Waals surface area contributed by atoms with Gasteiger partial charge in [0.2, 0.25) is 5.91 Å². The first-order valence-electron chi connectivity index (χ1n) is 10.8. The van der Waals surface area contributed by atoms with Gasteiger partial charge in [-0.05, 0) is 42.0 Å². The molecule has 39 heavy (non-hydrogen) atoms. The van der Waals surface area contributed by atoms with Crippen LogP contribution in [0.5, 0.6) is 0 Å². The molecule has 3 N–H and O–H groups in total. The van der Waals surface area contributed by atoms with Crippen LogP contribution in [-0.2, 0) is 17.4 Å². The van der Waals surface area contributed by atoms with Gasteiger partial charge in [-0.1, -0.05) is 17.7 Å². The number of carbonyl (C=O) groups excluding carboxylic acids is 2. The Kier molecular flexibility index (Phi) is 7.57. The van der Waals surface area contributed by atoms with E-state index in [-0.39, 0.29) is 21.8 Å². The van der Waals surface area contributed by atoms with Crippen LogP contribution in [-0.4, -0.2) is 16.0 Å². The van der Waals surface area contributed by atoms with Gasteiger partial charge >= 0.3 is 6.18 Å². The van der Waals surface area contributed by atoms with Gasteiger partial charge in [-0.25, -0.2) is 17.6 Å². The number of rotatable bonds is 6. The van der Waals surface area contributed by atoms with E-state index in [2.05, 4.69) is 5.32 Å². The van der Waals surface area contributed by atoms with E-state index in [1.165, 1.54) is 12.1 Å². The highest BCUT2D eigenvalue weighted by Gasteiger charge is 2.67. The van der Waals surface area contributed by atoms with E-state index in [0.717, 1.165) is 18.2 Å². The molecule has 3 aromatic carbocycles. The largest absolute Gasteiger partial charge is 0.419 e. The van der Waals surface area contributed by atoms with Crippen molar-refractivity contribution in [1.29, 1.82) is 0 Å². The molecule has 0 heterocycles. The fourth-order valence-corrected chi connectivity index (χ4v) is 5.18. The number of nitrogens with two attached hydrogens (primary N) is 1. The molecule has 2 atom stereocenters. The molecule has 4 rings (SSSR count). The molecule has 0 spiro atoms. The Hall–Kier alpha value is -3.02. The molecular weight excluding hydrogens is 600 g/mol. The number of nitrogen functional groups attached to an aromatic ring is 1. The zero-order valence-electron chi connectivity index (χ0n) is 19.1. The standard InChI is InChI=1S/C25H14Cl3F7N2O2/c26-14-3-2-11(8-12(14)17(38)7-10-6-16(36)21(31)22(32)20(10)30)37-23(39)19-18(24(19,27)28)9-1-4-15(29)13(5-9)25(33,34)35/h1-6,8,18-19H,7,36H2,(H,37,39)/t18-,19+/m0/s1. The summed E-state index contributed by atoms with van der Waals surface area (Å²) in [7, 11) is 0. The molecule has 1 saturated carbocycles. The first-order chi connectivity index (χ1) is 18.0. The second-order valence-corrected chi connectivity index (χ2v) is 10.6. The van der Waals surface area contributed by atoms with Gasteiger partial charge in [0.15, 0.2) is 23.2 Å². The SMILES string of the molecule is Nc1cc(CC(=O)c2cc(NC(=O)[C@H]3[C@H](c4ccc(F)c(C(F)(F)F)c4)C3(Cl)Cl)ccc2Cl)c(F)c(F)c1F. The molecule has 0 radical (unpaired) electrons. The number of anilines is 2. The number of nitrogens with one attached hydrogen (secondary N) is 1. The Morgan fingerprint density at radius 1 is 0.949 bits per heavy atom. The first kappa shape index (κ1) is 29.0. The summed E-state index contributed by atoms with van der Waals surface area (Å²) in [6.45, 7) is 0. The Morgan fingerprint density at radius 2 is 1.62 bits per heavy atom. The van der Waals surface area contributed by atoms with Crippen LogP contribution < -0.4 is 11.1 Å². The monoisotopic (exact) mass is 612 g/mol. The Labute approximate surface area is 230 Å². The van der Waals surface area contributed by atoms with E-state index < -0.39 is 80.5 Å². The molecule has 206 valence electrons. The van der Waals surface area contributed by atoms with Crippen molar-refractivity contribution in [3.05, 3.63) is 93.0 Å². The quantitative estimate of drug-likeness (QED) is 0.0998. The molecule has 1 amide bonds. The highest BCUT2D eigenvalue weighted by Crippen LogP contribution is 2.65. The maximum absolute atomic E-state index is 14.1. The third-order valence-corrected chi connectivity index (χ3v) is 7.40. The number of alkyl halides is 5. The fourth-order valence-electron chi connectivity index (χ4n) is 4.13. The summed E-state index contributed by atoms with van der Waals surface area (Å²) in [6.07, 6.45) is -5.75. The summed E-state index contributed by atoms with van der Waals surface area (Å²) in [5, 5.41) is 2.30. The van der Waals surface area contributed by atoms with Crippen molar-refractivity contribution in [2.75, 3.05) is 11.1 Å². The van der Waals surface area contributed by atoms with Crippen molar-refractivity contribution in [3.8, 4) is 0 Å². The average molecular weight is 614 g/mol. The van der Waals surface area contributed by atoms with Gasteiger partial charge in [-0.3, -0.25) is 9.59 Å². The predicted molar refractivity (Wildman–Crippen MR) is 131 cm³/mol. The number of carbonyl (C=O) groups is 2. The molecular formula is C25H14Cl3F7N2O2. The lowest BCUT2D eigenvalue weighted by molar-refractivity contribution is -0.140. The third-order valence-electron chi connectivity index (χ3n) is 6.13. The molecule has 1 aliphatic carbocycles. The van der Waals surface area contributed by atoms with Crippen LogP contribution in [0.3, 0.4) is 0 Å². The molecule has 3 aromatic rings. The fraction of sp³-hybridized carbons (Fsp3) is 0.200. The summed E-state index contributed by atoms with van der Waals surface area (Å²) in [6, 6.07) is 6.53. The zero-order valence-corrected chi connectivity index (χ0v) is 21.3. The number of hydrogen-bond donors (Lipinski definition) is 2. The second-order valence-electron chi connectivity index (χ2n) is 8.72. The maximum Gasteiger partial charge on any atom is 0.419 e. The topological polar surface area (TPSA) is 72.2 Å². The molecule has 0 saturated heterocycles. The number of hydrogen-bond acceptors (Lipinski definition) is 3. The number of Topliss-reactive ketones (excluding diaryl/α,β-unsaturated/α-hetero) is 1. The van der Waals surface area contributed by atoms with Crippen LogP contribution in [0.15, 0.2) is 42.5 Å². The van der Waals surface area contributed by atoms with Crippen molar-refractivity contribution in [2.24, 2.45) is 5.92 Å². The van der Waals surface area contributed by atoms with Gasteiger partial charge in [-0.2, -0.15) is 13.2 Å². The van der Waals surface area contributed by atoms with E-state index in [1.54, 1.807) is 0 Å². The van der Waals surface area contributed by atoms with Gasteiger partial charge in [0.1, 0.15) is 10.2 Å². The van der Waals surface area contributed by atoms with Crippen LogP contribution in [0.2, 0.25) is 5.02 Å². The van der Waals surface area contributed by atoms with Gasteiger partial charge in [-0.15, -0.1) is 23.2 Å². The smallest absolute Gasteiger partial charge is 0.396 e. The number of ketones is 1. The summed E-state index contributed by atoms with van der Waals surface area (Å²) < 4.78 is 92.4. The maximum atomic E-state index is 14.1. The van der Waals surface area contributed by atoms with Crippen molar-refractivity contribution in [1.82, 2.24) is 0 Å². The molecule has 1 aliphatic rings. The normalized spacial score (nSPS) is 18.1. The van der Waals surface area contributed by atoms with Crippen LogP contribution in [0.4, 0.5) is 42.1 Å². The minimum absolute atomic E-state index is 0.0112. The van der Waals surface area contributed by atoms with Crippen molar-refractivity contribution in [3.63, 3.8) is 0 Å². The summed E-state index contributed by atoms with van der Waals surface area (Å²) in [5.74, 6) is -10.6. The lowest BCUT2D eigenvalue weighted by atomic mass is 10.0. The molecule has 4 nitrogen and oxygen atoms in total. The summed E-state index contributed by atoms with van der Waals surface area (Å²) in [4.78, 5) is 25.7. The van der Waals surface area contributed by atoms with Gasteiger partial charge < -0.3 is 11.1 Å². The predicted octanol–water partition coefficient (Wildman–Crippen LogP) is 7.45. The van der Waals surface area contributed by atoms with Gasteiger partial charge in [0, 0.05) is 29.2 Å². The van der Waals surface area contributed by atoms with Crippen molar-refractivity contribution < 1.29 is 40.3 Å². The van der Waals surface area contributed by atoms with E-state index >= 15 is 0 Å². The Morgan fingerprint density at radius 3 is 2.26 bits per heavy atom. The van der Waals surface area contributed by atoms with Gasteiger partial charge in [0.05, 0.1) is 22.2 Å². The summed E-state index contributed by atoms with van der Waals surface area (Å²) in [5.41, 5.74) is 2.16. The number of halogens is 10. The molecule has 0 aliphatic heterocycles. The lowest BCUT2D eigenvalue weighted by Gasteiger charge is -2.11. The lowest BCUT2D eigenvalue weighted by Crippen LogP contribution is -2.17. The second kappa shape index (κ2) is 10.2. The van der Waals surface area contributed by atoms with Crippen LogP contribution in [0.25, 0.3) is 0 Å². The molecule has 0 aromatic heterocycles. The van der Waals surface area contributed by atoms with Crippen LogP contribution in [0.1, 0.15) is 33.0 Å². The number of amides is 1. The van der Waals surface area contributed by atoms with E-state index in [9.17, 15) is 40.3 Å². The average Bonchev–Trinajstić information content (AvgIpc) is 3.43. The molecule has 1 fully saturated rings. The van der Waals surface area contributed by atoms with E-state index in [0.29, 0.717) is 12.1 Å². The zero-order chi connectivity index (χ0) is 29.0. The minimum Gasteiger partial charge on any atom is -0.396 e. The molecule has 0 bridgehead atoms. The Balaban J connectivity index is 1.54. The van der Waals surface area contributed by atoms with Crippen molar-refractivity contribution in [2.45, 2.75) is 22.8 Å². The third kappa shape index (κ3) is 5.53. The van der Waals surface area contributed by atoms with Crippen LogP contribution >= 0.6 is 34.8 Å². The van der Waals surface area contributed by atoms with Crippen molar-refractivity contribution >= 4 is 57.9 Å². The highest BCUT2D eigenvalue weighted by molar-refractivity contribution is 6.53. The number of benzene rings is 3. The van der Waals surface area contributed by atoms with Gasteiger partial charge in [0.25, 0.3) is 0 Å². The molecule has 0 unspecified atom stereocenters.